The van der Waals surface area contributed by atoms with E-state index < -0.39 is 0 Å². The zero-order valence-electron chi connectivity index (χ0n) is 13.5. The molecule has 0 amide bonds. The molecular weight excluding hydrogens is 288 g/mol. The minimum Gasteiger partial charge on any atom is -0.379 e. The minimum absolute atomic E-state index is 0.366. The summed E-state index contributed by atoms with van der Waals surface area (Å²) in [6.45, 7) is 11.3. The molecule has 0 radical (unpaired) electrons. The van der Waals surface area contributed by atoms with Gasteiger partial charge in [0.25, 0.3) is 0 Å². The van der Waals surface area contributed by atoms with Gasteiger partial charge in [-0.05, 0) is 0 Å². The molecule has 0 aliphatic carbocycles. The van der Waals surface area contributed by atoms with Crippen LogP contribution in [0.25, 0.3) is 0 Å². The Morgan fingerprint density at radius 3 is 1.09 bits per heavy atom. The van der Waals surface area contributed by atoms with Crippen molar-refractivity contribution in [3.8, 4) is 0 Å². The van der Waals surface area contributed by atoms with Gasteiger partial charge in [-0.2, -0.15) is 0 Å². The maximum absolute atomic E-state index is 5.77. The predicted molar refractivity (Wildman–Crippen MR) is 82.1 cm³/mol. The molecule has 2 bridgehead atoms. The molecule has 2 unspecified atom stereocenters. The summed E-state index contributed by atoms with van der Waals surface area (Å²) in [5.74, 6) is 0. The smallest absolute Gasteiger partial charge is 0.146 e. The number of ether oxygens (including phenoxy) is 5. The van der Waals surface area contributed by atoms with Gasteiger partial charge in [0.15, 0.2) is 0 Å². The van der Waals surface area contributed by atoms with Gasteiger partial charge < -0.3 is 23.7 Å². The van der Waals surface area contributed by atoms with E-state index in [1.54, 1.807) is 0 Å². The first-order valence-electron chi connectivity index (χ1n) is 8.28. The van der Waals surface area contributed by atoms with Crippen LogP contribution in [-0.2, 0) is 23.7 Å². The number of rotatable bonds is 0. The topological polar surface area (TPSA) is 52.6 Å². The summed E-state index contributed by atoms with van der Waals surface area (Å²) in [5, 5.41) is 0. The molecule has 7 heteroatoms. The third-order valence-electron chi connectivity index (χ3n) is 3.85. The van der Waals surface area contributed by atoms with Crippen molar-refractivity contribution in [2.45, 2.75) is 0 Å². The molecule has 22 heavy (non-hydrogen) atoms. The van der Waals surface area contributed by atoms with Gasteiger partial charge in [0.05, 0.1) is 52.9 Å². The van der Waals surface area contributed by atoms with Crippen LogP contribution in [0.2, 0.25) is 0 Å². The van der Waals surface area contributed by atoms with Gasteiger partial charge in [-0.1, -0.05) is 0 Å². The predicted octanol–water partition coefficient (Wildman–Crippen LogP) is -0.342. The zero-order valence-corrected chi connectivity index (χ0v) is 13.5. The maximum Gasteiger partial charge on any atom is 0.146 e. The molecule has 2 fully saturated rings. The van der Waals surface area contributed by atoms with E-state index in [0.29, 0.717) is 46.4 Å². The van der Waals surface area contributed by atoms with E-state index in [1.165, 1.54) is 0 Å². The van der Waals surface area contributed by atoms with Gasteiger partial charge in [-0.25, -0.2) is 0 Å². The second kappa shape index (κ2) is 12.2. The summed E-state index contributed by atoms with van der Waals surface area (Å²) in [6.07, 6.45) is 0. The number of fused-ring (bicyclic) bond motifs is 6. The van der Waals surface area contributed by atoms with E-state index in [9.17, 15) is 0 Å². The van der Waals surface area contributed by atoms with Crippen molar-refractivity contribution in [3.63, 3.8) is 0 Å². The molecule has 0 aromatic heterocycles. The van der Waals surface area contributed by atoms with Crippen molar-refractivity contribution in [2.24, 2.45) is 0 Å². The number of nitrogens with zero attached hydrogens (tertiary/aromatic N) is 2. The van der Waals surface area contributed by atoms with E-state index in [0.717, 1.165) is 52.5 Å². The molecule has 0 aromatic rings. The lowest BCUT2D eigenvalue weighted by Crippen LogP contribution is -2.36. The molecule has 7 nitrogen and oxygen atoms in total. The minimum atomic E-state index is 0.366. The lowest BCUT2D eigenvalue weighted by molar-refractivity contribution is -0.0674. The lowest BCUT2D eigenvalue weighted by Gasteiger charge is -2.24. The van der Waals surface area contributed by atoms with Gasteiger partial charge >= 0.3 is 0 Å². The Labute approximate surface area is 133 Å². The third kappa shape index (κ3) is 8.38. The van der Waals surface area contributed by atoms with Gasteiger partial charge in [-0.15, -0.1) is 0 Å². The summed E-state index contributed by atoms with van der Waals surface area (Å²) >= 11 is 0. The molecule has 0 saturated carbocycles. The Balaban J connectivity index is 1.88. The van der Waals surface area contributed by atoms with E-state index in [4.69, 9.17) is 23.7 Å². The van der Waals surface area contributed by atoms with Crippen molar-refractivity contribution in [1.29, 1.82) is 0 Å². The molecule has 2 atom stereocenters. The molecule has 2 heterocycles. The molecule has 0 spiro atoms. The fourth-order valence-electron chi connectivity index (χ4n) is 2.43. The molecule has 130 valence electrons. The number of hydrogen-bond acceptors (Lipinski definition) is 7. The molecule has 0 N–H and O–H groups in total. The van der Waals surface area contributed by atoms with Crippen LogP contribution < -0.4 is 0 Å². The van der Waals surface area contributed by atoms with Crippen LogP contribution >= 0.6 is 0 Å². The number of hydrogen-bond donors (Lipinski definition) is 0. The van der Waals surface area contributed by atoms with Gasteiger partial charge in [0.1, 0.15) is 6.79 Å². The van der Waals surface area contributed by atoms with Crippen molar-refractivity contribution >= 4 is 0 Å². The van der Waals surface area contributed by atoms with Gasteiger partial charge in [0, 0.05) is 39.3 Å². The van der Waals surface area contributed by atoms with Crippen LogP contribution in [0.3, 0.4) is 0 Å². The molecule has 2 aliphatic rings. The Bertz CT molecular complexity index is 246. The Morgan fingerprint density at radius 1 is 0.364 bits per heavy atom. The highest BCUT2D eigenvalue weighted by Crippen LogP contribution is 1.96. The monoisotopic (exact) mass is 318 g/mol. The van der Waals surface area contributed by atoms with E-state index in [1.807, 2.05) is 0 Å². The van der Waals surface area contributed by atoms with Crippen LogP contribution in [0.4, 0.5) is 0 Å². The van der Waals surface area contributed by atoms with Gasteiger partial charge in [-0.3, -0.25) is 9.80 Å². The molecule has 2 saturated heterocycles. The van der Waals surface area contributed by atoms with Crippen LogP contribution in [0.1, 0.15) is 0 Å². The molecular formula is C15H30N2O5. The highest BCUT2D eigenvalue weighted by Gasteiger charge is 2.09. The molecule has 0 aromatic carbocycles. The SMILES string of the molecule is C1COCCN2CCOCCN(CCO1)CCOCOCC2. The zero-order chi connectivity index (χ0) is 15.3. The van der Waals surface area contributed by atoms with Crippen LogP contribution in [0.5, 0.6) is 0 Å². The second-order valence-corrected chi connectivity index (χ2v) is 5.45. The third-order valence-corrected chi connectivity index (χ3v) is 3.85. The van der Waals surface area contributed by atoms with E-state index in [2.05, 4.69) is 9.80 Å². The van der Waals surface area contributed by atoms with Crippen molar-refractivity contribution < 1.29 is 23.7 Å². The summed E-state index contributed by atoms with van der Waals surface area (Å²) < 4.78 is 28.1. The highest BCUT2D eigenvalue weighted by atomic mass is 16.7. The molecule has 2 aliphatic heterocycles. The summed E-state index contributed by atoms with van der Waals surface area (Å²) in [6, 6.07) is 0. The van der Waals surface area contributed by atoms with Crippen molar-refractivity contribution in [3.05, 3.63) is 0 Å². The maximum atomic E-state index is 5.77. The summed E-state index contributed by atoms with van der Waals surface area (Å²) in [5.41, 5.74) is 0. The van der Waals surface area contributed by atoms with Crippen LogP contribution in [0.15, 0.2) is 0 Å². The first-order valence-corrected chi connectivity index (χ1v) is 8.28. The summed E-state index contributed by atoms with van der Waals surface area (Å²) in [4.78, 5) is 4.62. The average molecular weight is 318 g/mol. The first-order chi connectivity index (χ1) is 10.9. The van der Waals surface area contributed by atoms with Crippen LogP contribution in [-0.4, -0.2) is 109 Å². The normalized spacial score (nSPS) is 31.6. The lowest BCUT2D eigenvalue weighted by atomic mass is 10.4. The summed E-state index contributed by atoms with van der Waals surface area (Å²) in [7, 11) is 0. The second-order valence-electron chi connectivity index (χ2n) is 5.45. The van der Waals surface area contributed by atoms with E-state index in [-0.39, 0.29) is 0 Å². The molecule has 2 rings (SSSR count). The average Bonchev–Trinajstić information content (AvgIpc) is 2.53. The quantitative estimate of drug-likeness (QED) is 0.566. The van der Waals surface area contributed by atoms with Gasteiger partial charge in [0.2, 0.25) is 0 Å². The van der Waals surface area contributed by atoms with Crippen molar-refractivity contribution in [1.82, 2.24) is 9.80 Å². The Hall–Kier alpha value is -0.280. The Morgan fingerprint density at radius 2 is 0.682 bits per heavy atom. The highest BCUT2D eigenvalue weighted by molar-refractivity contribution is 4.60. The Kier molecular flexibility index (Phi) is 10.0. The van der Waals surface area contributed by atoms with Crippen LogP contribution in [0, 0.1) is 0 Å². The fourth-order valence-corrected chi connectivity index (χ4v) is 2.43. The first kappa shape index (κ1) is 18.1. The fraction of sp³-hybridized carbons (Fsp3) is 1.00. The van der Waals surface area contributed by atoms with E-state index >= 15 is 0 Å². The standard InChI is InChI=1S/C15H30N2O5/c1-7-18-8-2-17-4-10-20-14-13-19-9-3-16(1)5-11-21-15-22-12-6-17/h1-15H2. The van der Waals surface area contributed by atoms with Crippen molar-refractivity contribution in [2.75, 3.05) is 98.9 Å². The largest absolute Gasteiger partial charge is 0.379 e.